The number of ether oxygens (including phenoxy) is 1. The van der Waals surface area contributed by atoms with E-state index in [4.69, 9.17) is 10.5 Å². The molecule has 0 amide bonds. The van der Waals surface area contributed by atoms with E-state index in [1.807, 2.05) is 6.92 Å². The van der Waals surface area contributed by atoms with Crippen molar-refractivity contribution in [2.24, 2.45) is 11.7 Å². The minimum atomic E-state index is -0.179. The van der Waals surface area contributed by atoms with E-state index >= 15 is 0 Å². The van der Waals surface area contributed by atoms with Crippen LogP contribution in [-0.2, 0) is 16.0 Å². The van der Waals surface area contributed by atoms with Gasteiger partial charge in [0.2, 0.25) is 0 Å². The van der Waals surface area contributed by atoms with Crippen molar-refractivity contribution in [1.82, 2.24) is 9.88 Å². The quantitative estimate of drug-likeness (QED) is 0.809. The minimum Gasteiger partial charge on any atom is -0.466 e. The number of fused-ring (bicyclic) bond motifs is 2. The first-order chi connectivity index (χ1) is 12.6. The summed E-state index contributed by atoms with van der Waals surface area (Å²) in [5.41, 5.74) is 10.4. The van der Waals surface area contributed by atoms with Crippen LogP contribution in [0.25, 0.3) is 10.9 Å². The van der Waals surface area contributed by atoms with Crippen molar-refractivity contribution >= 4 is 16.9 Å². The molecule has 1 aromatic carbocycles. The number of nitrogens with zero attached hydrogens (tertiary/aromatic N) is 1. The minimum absolute atomic E-state index is 0.119. The summed E-state index contributed by atoms with van der Waals surface area (Å²) >= 11 is 0. The molecule has 1 aromatic heterocycles. The fourth-order valence-corrected chi connectivity index (χ4v) is 5.17. The maximum atomic E-state index is 11.7. The lowest BCUT2D eigenvalue weighted by Gasteiger charge is -2.46. The van der Waals surface area contributed by atoms with Gasteiger partial charge in [0.05, 0.1) is 13.0 Å². The van der Waals surface area contributed by atoms with Crippen LogP contribution in [0, 0.1) is 5.92 Å². The number of likely N-dealkylation sites (tertiary alicyclic amines) is 1. The number of benzene rings is 1. The molecule has 1 saturated heterocycles. The molecule has 0 saturated carbocycles. The molecule has 1 aliphatic heterocycles. The highest BCUT2D eigenvalue weighted by molar-refractivity contribution is 5.88. The number of nitrogens with one attached hydrogen (secondary N) is 1. The highest BCUT2D eigenvalue weighted by atomic mass is 16.5. The van der Waals surface area contributed by atoms with Gasteiger partial charge in [0.25, 0.3) is 0 Å². The topological polar surface area (TPSA) is 71.3 Å². The molecule has 1 fully saturated rings. The number of likely N-dealkylation sites (N-methyl/N-ethyl adjacent to an activating group) is 1. The Bertz CT molecular complexity index is 800. The summed E-state index contributed by atoms with van der Waals surface area (Å²) in [5.74, 6) is 0.878. The number of carbonyl (C=O) groups is 1. The second-order valence-corrected chi connectivity index (χ2v) is 8.01. The molecule has 26 heavy (non-hydrogen) atoms. The third kappa shape index (κ3) is 3.14. The molecular formula is C21H29N3O2. The monoisotopic (exact) mass is 355 g/mol. The Kier molecular flexibility index (Phi) is 4.76. The number of esters is 1. The van der Waals surface area contributed by atoms with Crippen molar-refractivity contribution < 1.29 is 9.53 Å². The second kappa shape index (κ2) is 7.05. The summed E-state index contributed by atoms with van der Waals surface area (Å²) in [7, 11) is 2.23. The zero-order chi connectivity index (χ0) is 18.3. The van der Waals surface area contributed by atoms with Crippen LogP contribution in [0.3, 0.4) is 0 Å². The number of aromatic amines is 1. The number of aromatic nitrogens is 1. The first kappa shape index (κ1) is 17.6. The number of carbonyl (C=O) groups excluding carboxylic acids is 1. The van der Waals surface area contributed by atoms with Crippen molar-refractivity contribution in [3.63, 3.8) is 0 Å². The molecule has 0 spiro atoms. The largest absolute Gasteiger partial charge is 0.466 e. The van der Waals surface area contributed by atoms with Crippen LogP contribution < -0.4 is 5.73 Å². The van der Waals surface area contributed by atoms with Gasteiger partial charge in [0.15, 0.2) is 0 Å². The van der Waals surface area contributed by atoms with Crippen molar-refractivity contribution in [3.8, 4) is 0 Å². The molecule has 2 aliphatic rings. The smallest absolute Gasteiger partial charge is 0.307 e. The van der Waals surface area contributed by atoms with Gasteiger partial charge in [-0.25, -0.2) is 0 Å². The van der Waals surface area contributed by atoms with E-state index in [0.717, 1.165) is 25.8 Å². The molecule has 2 heterocycles. The standard InChI is InChI=1S/C21H29N3O2/c1-3-26-20(25)10-15(22)7-13-8-17-16-5-4-6-18-21(16)14(11-23-18)9-19(17)24(2)12-13/h4-6,11,13,15,17,19,23H,3,7-10,12,22H2,1-2H3/t13?,15?,17-,19-/m1/s1. The van der Waals surface area contributed by atoms with Crippen LogP contribution in [0.1, 0.15) is 43.2 Å². The van der Waals surface area contributed by atoms with Crippen molar-refractivity contribution in [2.75, 3.05) is 20.2 Å². The van der Waals surface area contributed by atoms with Crippen LogP contribution in [0.4, 0.5) is 0 Å². The van der Waals surface area contributed by atoms with Crippen LogP contribution in [0.5, 0.6) is 0 Å². The van der Waals surface area contributed by atoms with Gasteiger partial charge >= 0.3 is 5.97 Å². The number of hydrogen-bond acceptors (Lipinski definition) is 4. The SMILES string of the molecule is CCOC(=O)CC(N)CC1C[C@@H]2c3cccc4[nH]cc(c34)C[C@H]2N(C)C1. The van der Waals surface area contributed by atoms with E-state index in [1.165, 1.54) is 22.0 Å². The predicted molar refractivity (Wildman–Crippen MR) is 103 cm³/mol. The lowest BCUT2D eigenvalue weighted by Crippen LogP contribution is -2.48. The number of rotatable bonds is 5. The maximum Gasteiger partial charge on any atom is 0.307 e. The van der Waals surface area contributed by atoms with Gasteiger partial charge in [-0.3, -0.25) is 4.79 Å². The molecule has 3 N–H and O–H groups in total. The Morgan fingerprint density at radius 3 is 3.12 bits per heavy atom. The summed E-state index contributed by atoms with van der Waals surface area (Å²) in [6, 6.07) is 7.07. The van der Waals surface area contributed by atoms with Gasteiger partial charge < -0.3 is 20.4 Å². The third-order valence-corrected chi connectivity index (χ3v) is 6.18. The van der Waals surface area contributed by atoms with E-state index in [1.54, 1.807) is 0 Å². The highest BCUT2D eigenvalue weighted by Crippen LogP contribution is 2.45. The zero-order valence-electron chi connectivity index (χ0n) is 15.7. The Hall–Kier alpha value is -1.85. The molecule has 0 radical (unpaired) electrons. The average molecular weight is 355 g/mol. The molecule has 2 aromatic rings. The fraction of sp³-hybridized carbons (Fsp3) is 0.571. The molecular weight excluding hydrogens is 326 g/mol. The summed E-state index contributed by atoms with van der Waals surface area (Å²) in [6.45, 7) is 3.30. The normalized spacial score (nSPS) is 26.5. The van der Waals surface area contributed by atoms with Crippen molar-refractivity contribution in [1.29, 1.82) is 0 Å². The molecule has 5 nitrogen and oxygen atoms in total. The van der Waals surface area contributed by atoms with Crippen LogP contribution >= 0.6 is 0 Å². The molecule has 2 unspecified atom stereocenters. The summed E-state index contributed by atoms with van der Waals surface area (Å²) < 4.78 is 5.04. The van der Waals surface area contributed by atoms with Crippen molar-refractivity contribution in [2.45, 2.75) is 50.6 Å². The number of nitrogens with two attached hydrogens (primary N) is 1. The van der Waals surface area contributed by atoms with Gasteiger partial charge in [0, 0.05) is 41.6 Å². The van der Waals surface area contributed by atoms with Gasteiger partial charge in [0.1, 0.15) is 0 Å². The lowest BCUT2D eigenvalue weighted by atomic mass is 9.71. The van der Waals surface area contributed by atoms with Gasteiger partial charge in [-0.15, -0.1) is 0 Å². The van der Waals surface area contributed by atoms with Gasteiger partial charge in [-0.2, -0.15) is 0 Å². The van der Waals surface area contributed by atoms with Crippen molar-refractivity contribution in [3.05, 3.63) is 35.5 Å². The summed E-state index contributed by atoms with van der Waals surface area (Å²) in [5, 5.41) is 1.43. The predicted octanol–water partition coefficient (Wildman–Crippen LogP) is 2.80. The van der Waals surface area contributed by atoms with Gasteiger partial charge in [-0.05, 0) is 56.3 Å². The lowest BCUT2D eigenvalue weighted by molar-refractivity contribution is -0.143. The first-order valence-corrected chi connectivity index (χ1v) is 9.77. The molecule has 5 heteroatoms. The molecule has 140 valence electrons. The maximum absolute atomic E-state index is 11.7. The van der Waals surface area contributed by atoms with Crippen LogP contribution in [0.2, 0.25) is 0 Å². The Morgan fingerprint density at radius 1 is 1.46 bits per heavy atom. The molecule has 0 bridgehead atoms. The average Bonchev–Trinajstić information content (AvgIpc) is 3.00. The Morgan fingerprint density at radius 2 is 2.31 bits per heavy atom. The summed E-state index contributed by atoms with van der Waals surface area (Å²) in [4.78, 5) is 17.6. The first-order valence-electron chi connectivity index (χ1n) is 9.77. The molecule has 1 aliphatic carbocycles. The molecule has 4 rings (SSSR count). The van der Waals surface area contributed by atoms with E-state index in [-0.39, 0.29) is 12.0 Å². The number of piperidine rings is 1. The zero-order valence-corrected chi connectivity index (χ0v) is 15.7. The molecule has 4 atom stereocenters. The van der Waals surface area contributed by atoms with E-state index < -0.39 is 0 Å². The highest BCUT2D eigenvalue weighted by Gasteiger charge is 2.39. The van der Waals surface area contributed by atoms with Crippen LogP contribution in [-0.4, -0.2) is 48.1 Å². The number of H-pyrrole nitrogens is 1. The van der Waals surface area contributed by atoms with E-state index in [9.17, 15) is 4.79 Å². The van der Waals surface area contributed by atoms with E-state index in [2.05, 4.69) is 41.3 Å². The third-order valence-electron chi connectivity index (χ3n) is 6.18. The Labute approximate surface area is 154 Å². The van der Waals surface area contributed by atoms with E-state index in [0.29, 0.717) is 30.9 Å². The van der Waals surface area contributed by atoms with Crippen LogP contribution in [0.15, 0.2) is 24.4 Å². The summed E-state index contributed by atoms with van der Waals surface area (Å²) in [6.07, 6.45) is 5.64. The second-order valence-electron chi connectivity index (χ2n) is 8.01. The fourth-order valence-electron chi connectivity index (χ4n) is 5.17. The van der Waals surface area contributed by atoms with Gasteiger partial charge in [-0.1, -0.05) is 12.1 Å². The number of hydrogen-bond donors (Lipinski definition) is 2. The Balaban J connectivity index is 1.51.